The lowest BCUT2D eigenvalue weighted by Gasteiger charge is -2.18. The van der Waals surface area contributed by atoms with Gasteiger partial charge in [-0.3, -0.25) is 4.79 Å². The molecule has 0 radical (unpaired) electrons. The van der Waals surface area contributed by atoms with Crippen molar-refractivity contribution in [2.75, 3.05) is 24.7 Å². The smallest absolute Gasteiger partial charge is 0.279 e. The number of anilines is 1. The Morgan fingerprint density at radius 3 is 2.77 bits per heavy atom. The molecular weight excluding hydrogens is 330 g/mol. The predicted octanol–water partition coefficient (Wildman–Crippen LogP) is 2.81. The molecule has 2 aromatic rings. The van der Waals surface area contributed by atoms with Crippen molar-refractivity contribution in [2.45, 2.75) is 0 Å². The van der Waals surface area contributed by atoms with Crippen molar-refractivity contribution in [3.05, 3.63) is 66.2 Å². The number of hydrogen-bond donors (Lipinski definition) is 0. The molecule has 6 heteroatoms. The quantitative estimate of drug-likeness (QED) is 0.485. The van der Waals surface area contributed by atoms with Gasteiger partial charge in [0, 0.05) is 12.1 Å². The van der Waals surface area contributed by atoms with Crippen LogP contribution in [0.5, 0.6) is 11.5 Å². The summed E-state index contributed by atoms with van der Waals surface area (Å²) in [5.74, 6) is 1.23. The number of carbonyl (C=O) groups excluding carboxylic acids is 1. The van der Waals surface area contributed by atoms with Gasteiger partial charge in [-0.15, -0.1) is 11.7 Å². The van der Waals surface area contributed by atoms with Crippen LogP contribution in [0.25, 0.3) is 0 Å². The van der Waals surface area contributed by atoms with E-state index in [2.05, 4.69) is 16.8 Å². The summed E-state index contributed by atoms with van der Waals surface area (Å²) in [4.78, 5) is 14.3. The third kappa shape index (κ3) is 2.86. The average Bonchev–Trinajstić information content (AvgIpc) is 2.94. The van der Waals surface area contributed by atoms with E-state index >= 15 is 0 Å². The molecule has 0 atom stereocenters. The lowest BCUT2D eigenvalue weighted by Crippen LogP contribution is -2.30. The van der Waals surface area contributed by atoms with Gasteiger partial charge in [0.2, 0.25) is 0 Å². The fourth-order valence-corrected chi connectivity index (χ4v) is 2.96. The van der Waals surface area contributed by atoms with E-state index in [4.69, 9.17) is 9.47 Å². The number of carbonyl (C=O) groups is 1. The van der Waals surface area contributed by atoms with Gasteiger partial charge < -0.3 is 14.4 Å². The average molecular weight is 347 g/mol. The molecule has 4 rings (SSSR count). The van der Waals surface area contributed by atoms with Crippen LogP contribution >= 0.6 is 0 Å². The Morgan fingerprint density at radius 2 is 1.92 bits per heavy atom. The number of ether oxygens (including phenoxy) is 2. The van der Waals surface area contributed by atoms with E-state index in [0.717, 1.165) is 22.6 Å². The zero-order chi connectivity index (χ0) is 17.9. The highest BCUT2D eigenvalue weighted by atomic mass is 16.6. The SMILES string of the molecule is C=CCN1C(=O)/C(=N\N=C\c2ccc3c(c2)OCCO3)c2ccccc21. The maximum Gasteiger partial charge on any atom is 0.279 e. The van der Waals surface area contributed by atoms with Crippen LogP contribution in [0.2, 0.25) is 0 Å². The highest BCUT2D eigenvalue weighted by molar-refractivity contribution is 6.54. The minimum Gasteiger partial charge on any atom is -0.486 e. The third-order valence-corrected chi connectivity index (χ3v) is 4.14. The minimum absolute atomic E-state index is 0.176. The predicted molar refractivity (Wildman–Crippen MR) is 101 cm³/mol. The summed E-state index contributed by atoms with van der Waals surface area (Å²) < 4.78 is 11.1. The number of amides is 1. The second-order valence-corrected chi connectivity index (χ2v) is 5.82. The van der Waals surface area contributed by atoms with Crippen molar-refractivity contribution in [1.29, 1.82) is 0 Å². The van der Waals surface area contributed by atoms with E-state index in [9.17, 15) is 4.79 Å². The molecule has 130 valence electrons. The lowest BCUT2D eigenvalue weighted by molar-refractivity contribution is -0.112. The van der Waals surface area contributed by atoms with Gasteiger partial charge in [0.25, 0.3) is 5.91 Å². The molecule has 0 aliphatic carbocycles. The summed E-state index contributed by atoms with van der Waals surface area (Å²) in [6.45, 7) is 5.22. The first-order chi connectivity index (χ1) is 12.8. The van der Waals surface area contributed by atoms with Gasteiger partial charge in [0.15, 0.2) is 17.2 Å². The Kier molecular flexibility index (Phi) is 4.23. The molecule has 2 heterocycles. The molecule has 6 nitrogen and oxygen atoms in total. The van der Waals surface area contributed by atoms with Gasteiger partial charge in [-0.05, 0) is 29.8 Å². The van der Waals surface area contributed by atoms with E-state index < -0.39 is 0 Å². The summed E-state index contributed by atoms with van der Waals surface area (Å²) in [5.41, 5.74) is 2.75. The number of benzene rings is 2. The number of para-hydroxylation sites is 1. The molecule has 0 bridgehead atoms. The van der Waals surface area contributed by atoms with Gasteiger partial charge in [-0.1, -0.05) is 24.3 Å². The molecular formula is C20H17N3O3. The van der Waals surface area contributed by atoms with Gasteiger partial charge >= 0.3 is 0 Å². The molecule has 0 saturated heterocycles. The minimum atomic E-state index is -0.176. The Bertz CT molecular complexity index is 934. The van der Waals surface area contributed by atoms with Crippen LogP contribution in [0, 0.1) is 0 Å². The van der Waals surface area contributed by atoms with Crippen LogP contribution in [0.15, 0.2) is 65.3 Å². The molecule has 0 saturated carbocycles. The van der Waals surface area contributed by atoms with Crippen molar-refractivity contribution in [2.24, 2.45) is 10.2 Å². The Balaban J connectivity index is 1.61. The highest BCUT2D eigenvalue weighted by Gasteiger charge is 2.32. The second kappa shape index (κ2) is 6.84. The van der Waals surface area contributed by atoms with E-state index in [-0.39, 0.29) is 5.91 Å². The number of nitrogens with zero attached hydrogens (tertiary/aromatic N) is 3. The monoisotopic (exact) mass is 347 g/mol. The van der Waals surface area contributed by atoms with Crippen LogP contribution < -0.4 is 14.4 Å². The third-order valence-electron chi connectivity index (χ3n) is 4.14. The number of hydrogen-bond acceptors (Lipinski definition) is 5. The van der Waals surface area contributed by atoms with Crippen molar-refractivity contribution in [3.8, 4) is 11.5 Å². The van der Waals surface area contributed by atoms with Gasteiger partial charge in [0.1, 0.15) is 13.2 Å². The van der Waals surface area contributed by atoms with E-state index in [0.29, 0.717) is 31.2 Å². The zero-order valence-electron chi connectivity index (χ0n) is 14.1. The maximum absolute atomic E-state index is 12.6. The van der Waals surface area contributed by atoms with Crippen molar-refractivity contribution < 1.29 is 14.3 Å². The molecule has 2 aromatic carbocycles. The molecule has 2 aliphatic rings. The Hall–Kier alpha value is -3.41. The Labute approximate surface area is 151 Å². The first kappa shape index (κ1) is 16.1. The maximum atomic E-state index is 12.6. The first-order valence-electron chi connectivity index (χ1n) is 8.31. The van der Waals surface area contributed by atoms with E-state index in [1.54, 1.807) is 17.2 Å². The number of rotatable bonds is 4. The van der Waals surface area contributed by atoms with Gasteiger partial charge in [-0.25, -0.2) is 0 Å². The molecule has 0 spiro atoms. The molecule has 0 N–H and O–H groups in total. The first-order valence-corrected chi connectivity index (χ1v) is 8.31. The van der Waals surface area contributed by atoms with Gasteiger partial charge in [-0.2, -0.15) is 5.10 Å². The molecule has 1 amide bonds. The standard InChI is InChI=1S/C20H17N3O3/c1-2-9-23-16-6-4-3-5-15(16)19(20(23)24)22-21-13-14-7-8-17-18(12-14)26-11-10-25-17/h2-8,12-13H,1,9-11H2/b21-13+,22-19-. The topological polar surface area (TPSA) is 63.5 Å². The van der Waals surface area contributed by atoms with Crippen LogP contribution in [0.4, 0.5) is 5.69 Å². The summed E-state index contributed by atoms with van der Waals surface area (Å²) >= 11 is 0. The summed E-state index contributed by atoms with van der Waals surface area (Å²) in [6.07, 6.45) is 3.29. The van der Waals surface area contributed by atoms with Crippen molar-refractivity contribution in [3.63, 3.8) is 0 Å². The molecule has 26 heavy (non-hydrogen) atoms. The van der Waals surface area contributed by atoms with Crippen LogP contribution in [-0.2, 0) is 4.79 Å². The fourth-order valence-electron chi connectivity index (χ4n) is 2.96. The lowest BCUT2D eigenvalue weighted by atomic mass is 10.1. The molecule has 0 fully saturated rings. The molecule has 0 aromatic heterocycles. The highest BCUT2D eigenvalue weighted by Crippen LogP contribution is 2.31. The van der Waals surface area contributed by atoms with Crippen molar-refractivity contribution in [1.82, 2.24) is 0 Å². The summed E-state index contributed by atoms with van der Waals surface area (Å²) in [6, 6.07) is 13.1. The van der Waals surface area contributed by atoms with Crippen LogP contribution in [0.1, 0.15) is 11.1 Å². The van der Waals surface area contributed by atoms with Crippen LogP contribution in [0.3, 0.4) is 0 Å². The van der Waals surface area contributed by atoms with E-state index in [1.165, 1.54) is 0 Å². The normalized spacial score (nSPS) is 17.0. The second-order valence-electron chi connectivity index (χ2n) is 5.82. The van der Waals surface area contributed by atoms with Gasteiger partial charge in [0.05, 0.1) is 11.9 Å². The van der Waals surface area contributed by atoms with E-state index in [1.807, 2.05) is 42.5 Å². The van der Waals surface area contributed by atoms with Crippen molar-refractivity contribution >= 4 is 23.5 Å². The number of fused-ring (bicyclic) bond motifs is 2. The largest absolute Gasteiger partial charge is 0.486 e. The van der Waals surface area contributed by atoms with Crippen LogP contribution in [-0.4, -0.2) is 37.6 Å². The fraction of sp³-hybridized carbons (Fsp3) is 0.150. The summed E-state index contributed by atoms with van der Waals surface area (Å²) in [7, 11) is 0. The zero-order valence-corrected chi connectivity index (χ0v) is 14.1. The molecule has 0 unspecified atom stereocenters. The summed E-state index contributed by atoms with van der Waals surface area (Å²) in [5, 5.41) is 8.28. The Morgan fingerprint density at radius 1 is 1.12 bits per heavy atom. The molecule has 2 aliphatic heterocycles.